The first kappa shape index (κ1) is 7.55. The van der Waals surface area contributed by atoms with Crippen LogP contribution in [0.1, 0.15) is 24.4 Å². The molecule has 1 aromatic rings. The zero-order valence-electron chi connectivity index (χ0n) is 6.86. The topological polar surface area (TPSA) is 48.0 Å². The Kier molecular flexibility index (Phi) is 1.73. The lowest BCUT2D eigenvalue weighted by atomic mass is 10.3. The lowest BCUT2D eigenvalue weighted by Gasteiger charge is -2.04. The van der Waals surface area contributed by atoms with Crippen LogP contribution in [0, 0.1) is 0 Å². The Labute approximate surface area is 70.8 Å². The van der Waals surface area contributed by atoms with Gasteiger partial charge in [0.15, 0.2) is 0 Å². The SMILES string of the molecule is NCc1ccc(=O)n(C2CC2)c1. The molecule has 0 amide bonds. The van der Waals surface area contributed by atoms with E-state index in [1.165, 1.54) is 0 Å². The summed E-state index contributed by atoms with van der Waals surface area (Å²) < 4.78 is 1.79. The van der Waals surface area contributed by atoms with Crippen LogP contribution in [0.3, 0.4) is 0 Å². The predicted octanol–water partition coefficient (Wildman–Crippen LogP) is 0.642. The standard InChI is InChI=1S/C9H12N2O/c10-5-7-1-4-9(12)11(6-7)8-2-3-8/h1,4,6,8H,2-3,5,10H2. The Balaban J connectivity index is 2.43. The van der Waals surface area contributed by atoms with E-state index in [-0.39, 0.29) is 5.56 Å². The summed E-state index contributed by atoms with van der Waals surface area (Å²) in [5.41, 5.74) is 6.60. The van der Waals surface area contributed by atoms with E-state index in [2.05, 4.69) is 0 Å². The van der Waals surface area contributed by atoms with Crippen LogP contribution < -0.4 is 11.3 Å². The third-order valence-electron chi connectivity index (χ3n) is 2.18. The average molecular weight is 164 g/mol. The Morgan fingerprint density at radius 2 is 2.25 bits per heavy atom. The fourth-order valence-electron chi connectivity index (χ4n) is 1.31. The summed E-state index contributed by atoms with van der Waals surface area (Å²) in [6, 6.07) is 3.84. The number of nitrogens with zero attached hydrogens (tertiary/aromatic N) is 1. The van der Waals surface area contributed by atoms with Crippen molar-refractivity contribution in [3.63, 3.8) is 0 Å². The largest absolute Gasteiger partial charge is 0.326 e. The van der Waals surface area contributed by atoms with Crippen LogP contribution in [-0.4, -0.2) is 4.57 Å². The highest BCUT2D eigenvalue weighted by molar-refractivity contribution is 5.11. The van der Waals surface area contributed by atoms with Gasteiger partial charge in [0, 0.05) is 24.8 Å². The second-order valence-electron chi connectivity index (χ2n) is 3.22. The maximum absolute atomic E-state index is 11.3. The van der Waals surface area contributed by atoms with Gasteiger partial charge in [-0.3, -0.25) is 4.79 Å². The van der Waals surface area contributed by atoms with E-state index in [0.29, 0.717) is 12.6 Å². The van der Waals surface area contributed by atoms with E-state index in [1.54, 1.807) is 16.7 Å². The molecule has 0 aromatic carbocycles. The number of rotatable bonds is 2. The van der Waals surface area contributed by atoms with Crippen LogP contribution in [-0.2, 0) is 6.54 Å². The summed E-state index contributed by atoms with van der Waals surface area (Å²) in [5, 5.41) is 0. The van der Waals surface area contributed by atoms with Crippen molar-refractivity contribution in [2.45, 2.75) is 25.4 Å². The van der Waals surface area contributed by atoms with Gasteiger partial charge in [-0.25, -0.2) is 0 Å². The Morgan fingerprint density at radius 1 is 1.50 bits per heavy atom. The zero-order chi connectivity index (χ0) is 8.55. The van der Waals surface area contributed by atoms with Gasteiger partial charge in [0.05, 0.1) is 0 Å². The second-order valence-corrected chi connectivity index (χ2v) is 3.22. The molecule has 0 spiro atoms. The van der Waals surface area contributed by atoms with E-state index in [9.17, 15) is 4.79 Å². The Bertz CT molecular complexity index is 339. The first-order valence-corrected chi connectivity index (χ1v) is 4.22. The fourth-order valence-corrected chi connectivity index (χ4v) is 1.31. The molecule has 0 saturated heterocycles. The molecule has 12 heavy (non-hydrogen) atoms. The lowest BCUT2D eigenvalue weighted by molar-refractivity contribution is 0.699. The highest BCUT2D eigenvalue weighted by Gasteiger charge is 2.23. The van der Waals surface area contributed by atoms with Gasteiger partial charge in [-0.05, 0) is 18.4 Å². The third kappa shape index (κ3) is 1.28. The Morgan fingerprint density at radius 3 is 2.83 bits per heavy atom. The smallest absolute Gasteiger partial charge is 0.250 e. The van der Waals surface area contributed by atoms with Crippen molar-refractivity contribution in [1.29, 1.82) is 0 Å². The summed E-state index contributed by atoms with van der Waals surface area (Å²) in [7, 11) is 0. The lowest BCUT2D eigenvalue weighted by Crippen LogP contribution is -2.18. The van der Waals surface area contributed by atoms with Crippen LogP contribution in [0.15, 0.2) is 23.1 Å². The molecule has 0 radical (unpaired) electrons. The molecule has 2 rings (SSSR count). The molecule has 1 heterocycles. The van der Waals surface area contributed by atoms with Gasteiger partial charge in [-0.1, -0.05) is 6.07 Å². The van der Waals surface area contributed by atoms with E-state index in [4.69, 9.17) is 5.73 Å². The monoisotopic (exact) mass is 164 g/mol. The van der Waals surface area contributed by atoms with Gasteiger partial charge >= 0.3 is 0 Å². The summed E-state index contributed by atoms with van der Waals surface area (Å²) >= 11 is 0. The maximum Gasteiger partial charge on any atom is 0.250 e. The quantitative estimate of drug-likeness (QED) is 0.697. The van der Waals surface area contributed by atoms with Crippen LogP contribution in [0.4, 0.5) is 0 Å². The normalized spacial score (nSPS) is 16.4. The molecule has 1 aliphatic rings. The van der Waals surface area contributed by atoms with Gasteiger partial charge in [0.1, 0.15) is 0 Å². The van der Waals surface area contributed by atoms with Crippen molar-refractivity contribution in [2.75, 3.05) is 0 Å². The molecule has 3 nitrogen and oxygen atoms in total. The molecule has 0 atom stereocenters. The van der Waals surface area contributed by atoms with Crippen molar-refractivity contribution in [3.8, 4) is 0 Å². The highest BCUT2D eigenvalue weighted by Crippen LogP contribution is 2.33. The first-order chi connectivity index (χ1) is 5.81. The Hall–Kier alpha value is -1.09. The van der Waals surface area contributed by atoms with E-state index >= 15 is 0 Å². The summed E-state index contributed by atoms with van der Waals surface area (Å²) in [4.78, 5) is 11.3. The number of pyridine rings is 1. The molecule has 0 unspecified atom stereocenters. The number of hydrogen-bond donors (Lipinski definition) is 1. The summed E-state index contributed by atoms with van der Waals surface area (Å²) in [5.74, 6) is 0. The van der Waals surface area contributed by atoms with Gasteiger partial charge in [0.25, 0.3) is 5.56 Å². The van der Waals surface area contributed by atoms with E-state index in [1.807, 2.05) is 6.20 Å². The van der Waals surface area contributed by atoms with Crippen LogP contribution in [0.2, 0.25) is 0 Å². The third-order valence-corrected chi connectivity index (χ3v) is 2.18. The van der Waals surface area contributed by atoms with Crippen LogP contribution in [0.25, 0.3) is 0 Å². The first-order valence-electron chi connectivity index (χ1n) is 4.22. The molecule has 3 heteroatoms. The molecule has 1 fully saturated rings. The van der Waals surface area contributed by atoms with Crippen LogP contribution in [0.5, 0.6) is 0 Å². The second kappa shape index (κ2) is 2.75. The highest BCUT2D eigenvalue weighted by atomic mass is 16.1. The molecule has 0 aliphatic heterocycles. The predicted molar refractivity (Wildman–Crippen MR) is 46.9 cm³/mol. The van der Waals surface area contributed by atoms with Gasteiger partial charge in [0.2, 0.25) is 0 Å². The molecule has 2 N–H and O–H groups in total. The van der Waals surface area contributed by atoms with Crippen LogP contribution >= 0.6 is 0 Å². The summed E-state index contributed by atoms with van der Waals surface area (Å²) in [6.07, 6.45) is 4.14. The molecule has 1 aromatic heterocycles. The molecule has 0 bridgehead atoms. The van der Waals surface area contributed by atoms with Crippen molar-refractivity contribution < 1.29 is 0 Å². The van der Waals surface area contributed by atoms with E-state index < -0.39 is 0 Å². The number of nitrogens with two attached hydrogens (primary N) is 1. The molecule has 64 valence electrons. The minimum Gasteiger partial charge on any atom is -0.326 e. The molecule has 1 saturated carbocycles. The van der Waals surface area contributed by atoms with Crippen molar-refractivity contribution in [3.05, 3.63) is 34.2 Å². The van der Waals surface area contributed by atoms with Crippen molar-refractivity contribution in [1.82, 2.24) is 4.57 Å². The average Bonchev–Trinajstić information content (AvgIpc) is 2.88. The van der Waals surface area contributed by atoms with Gasteiger partial charge in [-0.15, -0.1) is 0 Å². The molecular weight excluding hydrogens is 152 g/mol. The molecule has 1 aliphatic carbocycles. The van der Waals surface area contributed by atoms with Crippen molar-refractivity contribution >= 4 is 0 Å². The fraction of sp³-hybridized carbons (Fsp3) is 0.444. The van der Waals surface area contributed by atoms with Gasteiger partial charge < -0.3 is 10.3 Å². The summed E-state index contributed by atoms with van der Waals surface area (Å²) in [6.45, 7) is 0.507. The molecular formula is C9H12N2O. The minimum absolute atomic E-state index is 0.0923. The van der Waals surface area contributed by atoms with E-state index in [0.717, 1.165) is 18.4 Å². The number of hydrogen-bond acceptors (Lipinski definition) is 2. The maximum atomic E-state index is 11.3. The van der Waals surface area contributed by atoms with Gasteiger partial charge in [-0.2, -0.15) is 0 Å². The van der Waals surface area contributed by atoms with Crippen molar-refractivity contribution in [2.24, 2.45) is 5.73 Å². The minimum atomic E-state index is 0.0923. The number of aromatic nitrogens is 1. The zero-order valence-corrected chi connectivity index (χ0v) is 6.86.